The van der Waals surface area contributed by atoms with Crippen LogP contribution in [0.3, 0.4) is 0 Å². The van der Waals surface area contributed by atoms with E-state index in [0.29, 0.717) is 5.82 Å². The third-order valence-electron chi connectivity index (χ3n) is 8.04. The number of amides is 1. The average molecular weight is 657 g/mol. The van der Waals surface area contributed by atoms with Gasteiger partial charge in [-0.3, -0.25) is 14.4 Å². The van der Waals surface area contributed by atoms with Crippen LogP contribution in [0.5, 0.6) is 11.5 Å². The summed E-state index contributed by atoms with van der Waals surface area (Å²) < 4.78 is 64.8. The lowest BCUT2D eigenvalue weighted by Gasteiger charge is -2.38. The normalized spacial score (nSPS) is 16.1. The molecule has 7 rings (SSSR count). The molecule has 0 atom stereocenters. The van der Waals surface area contributed by atoms with Crippen molar-refractivity contribution in [3.63, 3.8) is 0 Å². The number of carbonyl (C=O) groups excluding carboxylic acids is 1. The van der Waals surface area contributed by atoms with Crippen LogP contribution in [0.15, 0.2) is 49.1 Å². The van der Waals surface area contributed by atoms with Gasteiger partial charge in [-0.2, -0.15) is 32.6 Å². The van der Waals surface area contributed by atoms with Crippen LogP contribution in [0.25, 0.3) is 16.9 Å². The number of anilines is 1. The quantitative estimate of drug-likeness (QED) is 0.179. The topological polar surface area (TPSA) is 168 Å². The molecule has 5 heterocycles. The van der Waals surface area contributed by atoms with Crippen LogP contribution < -0.4 is 20.5 Å². The number of nitrogens with two attached hydrogens (primary N) is 1. The number of carbonyl (C=O) groups is 1. The van der Waals surface area contributed by atoms with Gasteiger partial charge >= 0.3 is 13.2 Å². The highest BCUT2D eigenvalue weighted by Gasteiger charge is 2.39. The van der Waals surface area contributed by atoms with Gasteiger partial charge in [0.1, 0.15) is 29.3 Å². The minimum atomic E-state index is -3.24. The lowest BCUT2D eigenvalue weighted by molar-refractivity contribution is -0.0526. The fraction of sp³-hybridized carbons (Fsp3) is 0.393. The van der Waals surface area contributed by atoms with Crippen LogP contribution in [0.4, 0.5) is 23.2 Å². The summed E-state index contributed by atoms with van der Waals surface area (Å²) in [5, 5.41) is 24.1. The van der Waals surface area contributed by atoms with Crippen molar-refractivity contribution in [2.45, 2.75) is 50.6 Å². The Hall–Kier alpha value is -5.17. The minimum absolute atomic E-state index is 0.0158. The maximum Gasteiger partial charge on any atom is 0.387 e. The molecule has 5 aromatic rings. The smallest absolute Gasteiger partial charge is 0.387 e. The molecule has 0 spiro atoms. The zero-order chi connectivity index (χ0) is 32.7. The van der Waals surface area contributed by atoms with E-state index in [-0.39, 0.29) is 57.8 Å². The second kappa shape index (κ2) is 12.2. The van der Waals surface area contributed by atoms with Crippen molar-refractivity contribution in [1.82, 2.24) is 49.5 Å². The largest absolute Gasteiger partial charge is 0.435 e. The molecule has 2 aliphatic rings. The van der Waals surface area contributed by atoms with Crippen LogP contribution in [0.1, 0.15) is 41.5 Å². The highest BCUT2D eigenvalue weighted by molar-refractivity contribution is 6.09. The average Bonchev–Trinajstić information content (AvgIpc) is 3.34. The van der Waals surface area contributed by atoms with Gasteiger partial charge in [0.25, 0.3) is 5.91 Å². The van der Waals surface area contributed by atoms with Gasteiger partial charge in [0.2, 0.25) is 0 Å². The molecule has 2 fully saturated rings. The Morgan fingerprint density at radius 3 is 2.70 bits per heavy atom. The zero-order valence-electron chi connectivity index (χ0n) is 24.6. The summed E-state index contributed by atoms with van der Waals surface area (Å²) in [5.74, 6) is -1.08. The summed E-state index contributed by atoms with van der Waals surface area (Å²) in [6, 6.07) is 4.84. The van der Waals surface area contributed by atoms with Crippen LogP contribution in [0, 0.1) is 0 Å². The van der Waals surface area contributed by atoms with Crippen LogP contribution in [-0.2, 0) is 6.54 Å². The number of nitrogens with zero attached hydrogens (tertiary/aromatic N) is 10. The van der Waals surface area contributed by atoms with Gasteiger partial charge in [0.15, 0.2) is 11.5 Å². The number of aromatic nitrogens is 9. The number of nitrogens with one attached hydrogen (secondary N) is 1. The fourth-order valence-electron chi connectivity index (χ4n) is 5.32. The van der Waals surface area contributed by atoms with E-state index in [2.05, 4.69) is 50.3 Å². The van der Waals surface area contributed by atoms with Crippen molar-refractivity contribution in [2.75, 3.05) is 25.0 Å². The molecule has 1 amide bonds. The van der Waals surface area contributed by atoms with Gasteiger partial charge in [0.05, 0.1) is 23.5 Å². The zero-order valence-corrected chi connectivity index (χ0v) is 24.6. The second-order valence-corrected chi connectivity index (χ2v) is 11.5. The number of alkyl halides is 4. The Morgan fingerprint density at radius 1 is 1.13 bits per heavy atom. The second-order valence-electron chi connectivity index (χ2n) is 11.5. The first-order chi connectivity index (χ1) is 22.6. The van der Waals surface area contributed by atoms with Crippen molar-refractivity contribution in [3.8, 4) is 22.8 Å². The Morgan fingerprint density at radius 2 is 1.94 bits per heavy atom. The Labute approximate surface area is 263 Å². The number of benzene rings is 1. The molecule has 4 aromatic heterocycles. The predicted molar refractivity (Wildman–Crippen MR) is 155 cm³/mol. The fourth-order valence-corrected chi connectivity index (χ4v) is 5.32. The summed E-state index contributed by atoms with van der Waals surface area (Å²) in [6.45, 7) is -4.02. The predicted octanol–water partition coefficient (Wildman–Crippen LogP) is 2.82. The summed E-state index contributed by atoms with van der Waals surface area (Å²) in [6.07, 6.45) is 8.91. The van der Waals surface area contributed by atoms with E-state index in [1.165, 1.54) is 32.6 Å². The number of tetrazole rings is 1. The molecular formula is C28H28F4N12O3. The van der Waals surface area contributed by atoms with E-state index in [4.69, 9.17) is 5.73 Å². The maximum absolute atomic E-state index is 13.4. The molecule has 19 heteroatoms. The van der Waals surface area contributed by atoms with Crippen LogP contribution in [-0.4, -0.2) is 93.8 Å². The summed E-state index contributed by atoms with van der Waals surface area (Å²) in [7, 11) is 0. The number of likely N-dealkylation sites (tertiary alicyclic amines) is 1. The molecule has 1 saturated carbocycles. The van der Waals surface area contributed by atoms with Crippen molar-refractivity contribution in [3.05, 3.63) is 60.4 Å². The highest BCUT2D eigenvalue weighted by Crippen LogP contribution is 2.39. The molecule has 1 aliphatic heterocycles. The monoisotopic (exact) mass is 656 g/mol. The first kappa shape index (κ1) is 30.5. The van der Waals surface area contributed by atoms with E-state index in [0.717, 1.165) is 57.1 Å². The number of hydrogen-bond donors (Lipinski definition) is 2. The molecule has 1 aromatic carbocycles. The lowest BCUT2D eigenvalue weighted by atomic mass is 10.1. The van der Waals surface area contributed by atoms with Gasteiger partial charge < -0.3 is 20.5 Å². The summed E-state index contributed by atoms with van der Waals surface area (Å²) in [4.78, 5) is 21.4. The van der Waals surface area contributed by atoms with Crippen LogP contribution in [0.2, 0.25) is 0 Å². The maximum atomic E-state index is 13.4. The Kier molecular flexibility index (Phi) is 7.92. The highest BCUT2D eigenvalue weighted by atomic mass is 19.3. The Bertz CT molecular complexity index is 1900. The molecule has 3 N–H and O–H groups in total. The third kappa shape index (κ3) is 6.70. The number of hydrogen-bond acceptors (Lipinski definition) is 11. The van der Waals surface area contributed by atoms with E-state index in [9.17, 15) is 22.4 Å². The first-order valence-corrected chi connectivity index (χ1v) is 14.6. The van der Waals surface area contributed by atoms with Gasteiger partial charge in [-0.05, 0) is 48.7 Å². The number of halogens is 4. The van der Waals surface area contributed by atoms with Gasteiger partial charge in [-0.1, -0.05) is 0 Å². The third-order valence-corrected chi connectivity index (χ3v) is 8.04. The molecule has 1 saturated heterocycles. The summed E-state index contributed by atoms with van der Waals surface area (Å²) >= 11 is 0. The molecule has 0 unspecified atom stereocenters. The van der Waals surface area contributed by atoms with Crippen LogP contribution >= 0.6 is 0 Å². The number of ether oxygens (including phenoxy) is 2. The van der Waals surface area contributed by atoms with Gasteiger partial charge in [-0.15, -0.1) is 10.2 Å². The van der Waals surface area contributed by atoms with E-state index in [1.807, 2.05) is 0 Å². The molecule has 1 aliphatic carbocycles. The SMILES string of the molecule is NC1(CCN2CC(n3nnc(Cn4cc(NC(=O)c5cnn6cccnc56)c(-c5cc(OC(F)F)ccc5OC(F)F)n4)n3)C2)CC1. The molecule has 0 radical (unpaired) electrons. The number of fused-ring (bicyclic) bond motifs is 1. The first-order valence-electron chi connectivity index (χ1n) is 14.6. The Balaban J connectivity index is 1.16. The molecule has 47 heavy (non-hydrogen) atoms. The van der Waals surface area contributed by atoms with Crippen molar-refractivity contribution >= 4 is 17.2 Å². The molecule has 246 valence electrons. The lowest BCUT2D eigenvalue weighted by Crippen LogP contribution is -2.49. The standard InChI is InChI=1S/C28H28F4N12O3/c29-26(30)46-17-2-3-21(47-27(31)32)18(10-17)23-20(36-25(45)19-11-35-43-8-1-7-34-24(19)43)14-42(39-23)15-22-37-40-44(38-22)16-12-41(13-16)9-6-28(33)4-5-28/h1-3,7-8,10-11,14,16,26-27H,4-6,9,12-13,15,33H2,(H,36,45). The molecule has 0 bridgehead atoms. The minimum Gasteiger partial charge on any atom is -0.435 e. The van der Waals surface area contributed by atoms with Gasteiger partial charge in [-0.25, -0.2) is 9.50 Å². The van der Waals surface area contributed by atoms with Gasteiger partial charge in [0, 0.05) is 43.8 Å². The van der Waals surface area contributed by atoms with Crippen molar-refractivity contribution in [1.29, 1.82) is 0 Å². The molecule has 15 nitrogen and oxygen atoms in total. The summed E-state index contributed by atoms with van der Waals surface area (Å²) in [5.41, 5.74) is 6.37. The van der Waals surface area contributed by atoms with E-state index in [1.54, 1.807) is 12.3 Å². The molecular weight excluding hydrogens is 628 g/mol. The number of rotatable bonds is 13. The van der Waals surface area contributed by atoms with E-state index >= 15 is 0 Å². The van der Waals surface area contributed by atoms with E-state index < -0.39 is 19.1 Å². The van der Waals surface area contributed by atoms with Crippen molar-refractivity contribution < 1.29 is 31.8 Å². The van der Waals surface area contributed by atoms with Crippen molar-refractivity contribution in [2.24, 2.45) is 5.73 Å².